The summed E-state index contributed by atoms with van der Waals surface area (Å²) in [4.78, 5) is 27.0. The predicted molar refractivity (Wildman–Crippen MR) is 339 cm³/mol. The van der Waals surface area contributed by atoms with Crippen LogP contribution >= 0.6 is 11.6 Å². The summed E-state index contributed by atoms with van der Waals surface area (Å²) in [5.41, 5.74) is 3.73. The molecule has 496 valence electrons. The number of aromatic nitrogens is 8. The van der Waals surface area contributed by atoms with Gasteiger partial charge in [-0.25, -0.2) is 68.4 Å². The van der Waals surface area contributed by atoms with E-state index in [2.05, 4.69) is 25.1 Å². The lowest BCUT2D eigenvalue weighted by Crippen LogP contribution is -2.13. The number of aliphatic hydroxyl groups excluding tert-OH is 1. The van der Waals surface area contributed by atoms with E-state index in [1.807, 2.05) is 30.3 Å². The zero-order valence-electron chi connectivity index (χ0n) is 49.0. The lowest BCUT2D eigenvalue weighted by atomic mass is 9.99. The average molecular weight is 1420 g/mol. The fourth-order valence-corrected chi connectivity index (χ4v) is 11.3. The van der Waals surface area contributed by atoms with Crippen molar-refractivity contribution in [2.75, 3.05) is 6.26 Å². The molecule has 7 N–H and O–H groups in total. The Kier molecular flexibility index (Phi) is 20.7. The number of rotatable bonds is 13. The van der Waals surface area contributed by atoms with Gasteiger partial charge in [0.1, 0.15) is 30.2 Å². The first-order valence-corrected chi connectivity index (χ1v) is 34.1. The van der Waals surface area contributed by atoms with Gasteiger partial charge in [-0.15, -0.1) is 0 Å². The fraction of sp³-hybridized carbons (Fsp3) is 0.0645. The summed E-state index contributed by atoms with van der Waals surface area (Å²) in [5.74, 6) is -0.152. The average Bonchev–Trinajstić information content (AvgIpc) is 1.63. The molecule has 6 aromatic heterocycles. The zero-order chi connectivity index (χ0) is 69.5. The van der Waals surface area contributed by atoms with Gasteiger partial charge in [-0.05, 0) is 127 Å². The number of hydrogen-bond donors (Lipinski definition) is 4. The number of sulfone groups is 1. The third-order valence-electron chi connectivity index (χ3n) is 13.5. The van der Waals surface area contributed by atoms with E-state index in [4.69, 9.17) is 36.0 Å². The minimum Gasteiger partial charge on any atom is -0.415 e. The highest BCUT2D eigenvalue weighted by Crippen LogP contribution is 2.37. The van der Waals surface area contributed by atoms with Gasteiger partial charge >= 0.3 is 18.1 Å². The van der Waals surface area contributed by atoms with Crippen molar-refractivity contribution in [1.82, 2.24) is 38.8 Å². The van der Waals surface area contributed by atoms with E-state index in [0.717, 1.165) is 24.2 Å². The number of alkyl halides is 6. The number of halogens is 7. The first-order chi connectivity index (χ1) is 45.2. The molecule has 0 amide bonds. The number of imidazole rings is 2. The van der Waals surface area contributed by atoms with Crippen molar-refractivity contribution in [3.8, 4) is 73.5 Å². The molecule has 12 aromatic rings. The Morgan fingerprint density at radius 3 is 1.31 bits per heavy atom. The van der Waals surface area contributed by atoms with Crippen LogP contribution in [-0.2, 0) is 58.9 Å². The summed E-state index contributed by atoms with van der Waals surface area (Å²) in [7, 11) is -14.8. The highest BCUT2D eigenvalue weighted by Gasteiger charge is 2.36. The molecular weight excluding hydrogens is 1370 g/mol. The Morgan fingerprint density at radius 1 is 0.510 bits per heavy atom. The van der Waals surface area contributed by atoms with E-state index in [-0.39, 0.29) is 37.8 Å². The highest BCUT2D eigenvalue weighted by atomic mass is 35.5. The molecule has 0 aliphatic heterocycles. The van der Waals surface area contributed by atoms with Crippen molar-refractivity contribution in [3.05, 3.63) is 252 Å². The molecule has 12 rings (SSSR count). The Bertz CT molecular complexity index is 5080. The van der Waals surface area contributed by atoms with Gasteiger partial charge in [0.25, 0.3) is 0 Å². The maximum Gasteiger partial charge on any atom is 0.434 e. The first-order valence-electron chi connectivity index (χ1n) is 27.1. The van der Waals surface area contributed by atoms with Crippen LogP contribution in [0.5, 0.6) is 0 Å². The molecule has 0 saturated heterocycles. The number of oxazole rings is 1. The largest absolute Gasteiger partial charge is 0.434 e. The normalized spacial score (nSPS) is 12.0. The summed E-state index contributed by atoms with van der Waals surface area (Å²) < 4.78 is 183. The van der Waals surface area contributed by atoms with Gasteiger partial charge in [-0.2, -0.15) is 26.3 Å². The lowest BCUT2D eigenvalue weighted by Gasteiger charge is -2.08. The molecule has 0 atom stereocenters. The van der Waals surface area contributed by atoms with E-state index in [0.29, 0.717) is 67.1 Å². The van der Waals surface area contributed by atoms with Crippen LogP contribution in [0, 0.1) is 0 Å². The maximum absolute atomic E-state index is 13.1. The first kappa shape index (κ1) is 70.1. The second-order valence-electron chi connectivity index (χ2n) is 20.1. The van der Waals surface area contributed by atoms with Crippen LogP contribution in [0.1, 0.15) is 17.1 Å². The van der Waals surface area contributed by atoms with Crippen LogP contribution in [0.25, 0.3) is 73.5 Å². The Hall–Kier alpha value is -10.2. The maximum atomic E-state index is 13.1. The van der Waals surface area contributed by atoms with E-state index in [1.165, 1.54) is 118 Å². The molecule has 34 heteroatoms. The molecular formula is C62H48ClF6N11O12S4. The standard InChI is InChI=1S/C16H12F3N3O2S.C16H14N2O4S.C15H11ClN2O4S.C15H11F3N4O2S/c1-25(23,24)13-6-4-12(5-7-13)22-10-14(16(17,18)19)21-15(22)11-3-2-8-20-9-11;17-23(20,21)13-8-6-11(7-9-13)15-14(10-19)22-18-16(15)12-4-2-1-3-5-12;16-11-3-5-12(6-4-11)18-14(9-22-15(18)19)10-1-7-13(8-2-10)23(17,20)21;16-15(17,18)13-9-22(14(21-13)10-2-1-7-20-8-10)11-3-5-12(6-4-11)25(19,23)24/h2-10H,1H3;1-9,19H,10H2,(H2,17,20,21);1-9H,(H2,17,20,21);1-9H,(H2,19,23,24). The van der Waals surface area contributed by atoms with Crippen LogP contribution in [0.3, 0.4) is 0 Å². The fourth-order valence-electron chi connectivity index (χ4n) is 8.97. The van der Waals surface area contributed by atoms with Crippen molar-refractivity contribution >= 4 is 51.5 Å². The van der Waals surface area contributed by atoms with Crippen LogP contribution in [-0.4, -0.2) is 83.8 Å². The molecule has 6 heterocycles. The van der Waals surface area contributed by atoms with Crippen molar-refractivity contribution in [2.24, 2.45) is 15.4 Å². The molecule has 0 unspecified atom stereocenters. The van der Waals surface area contributed by atoms with Gasteiger partial charge in [0, 0.05) is 82.1 Å². The van der Waals surface area contributed by atoms with E-state index in [9.17, 15) is 69.9 Å². The summed E-state index contributed by atoms with van der Waals surface area (Å²) >= 11 is 5.85. The molecule has 96 heavy (non-hydrogen) atoms. The van der Waals surface area contributed by atoms with Crippen LogP contribution in [0.4, 0.5) is 26.3 Å². The number of aliphatic hydroxyl groups is 1. The van der Waals surface area contributed by atoms with Crippen LogP contribution < -0.4 is 21.2 Å². The number of nitrogens with zero attached hydrogens (tertiary/aromatic N) is 8. The van der Waals surface area contributed by atoms with E-state index < -0.39 is 69.4 Å². The summed E-state index contributed by atoms with van der Waals surface area (Å²) in [6.45, 7) is -0.313. The third-order valence-corrected chi connectivity index (χ3v) is 17.7. The van der Waals surface area contributed by atoms with Gasteiger partial charge in [0.05, 0.1) is 36.5 Å². The third kappa shape index (κ3) is 17.0. The SMILES string of the molecule is CS(=O)(=O)c1ccc(-n2cc(C(F)(F)F)nc2-c2cccnc2)cc1.NS(=O)(=O)c1ccc(-c2c(-c3ccccc3)noc2CO)cc1.NS(=O)(=O)c1ccc(-c2coc(=O)n2-c2ccc(Cl)cc2)cc1.NS(=O)(=O)c1ccc(-n2cc(C(F)(F)F)nc2-c2cccnc2)cc1. The molecule has 0 aliphatic rings. The number of primary sulfonamides is 3. The van der Waals surface area contributed by atoms with Gasteiger partial charge in [-0.3, -0.25) is 19.1 Å². The Balaban J connectivity index is 0.000000150. The quantitative estimate of drug-likeness (QED) is 0.0779. The van der Waals surface area contributed by atoms with Crippen molar-refractivity contribution in [3.63, 3.8) is 0 Å². The lowest BCUT2D eigenvalue weighted by molar-refractivity contribution is -0.141. The number of pyridine rings is 2. The van der Waals surface area contributed by atoms with Gasteiger partial charge < -0.3 is 14.0 Å². The minimum absolute atomic E-state index is 0.00913. The van der Waals surface area contributed by atoms with E-state index in [1.54, 1.807) is 72.8 Å². The number of hydrogen-bond acceptors (Lipinski definition) is 17. The van der Waals surface area contributed by atoms with E-state index >= 15 is 0 Å². The molecule has 23 nitrogen and oxygen atoms in total. The molecule has 0 fully saturated rings. The monoisotopic (exact) mass is 1420 g/mol. The molecule has 6 aromatic carbocycles. The summed E-state index contributed by atoms with van der Waals surface area (Å²) in [6, 6.07) is 44.9. The second-order valence-corrected chi connectivity index (χ2v) is 27.3. The van der Waals surface area contributed by atoms with Gasteiger partial charge in [0.15, 0.2) is 27.0 Å². The molecule has 0 bridgehead atoms. The smallest absolute Gasteiger partial charge is 0.415 e. The number of nitrogens with two attached hydrogens (primary N) is 3. The predicted octanol–water partition coefficient (Wildman–Crippen LogP) is 10.5. The molecule has 0 saturated carbocycles. The number of benzene rings is 6. The van der Waals surface area contributed by atoms with Crippen molar-refractivity contribution in [1.29, 1.82) is 0 Å². The Labute approximate surface area is 547 Å². The second kappa shape index (κ2) is 28.4. The van der Waals surface area contributed by atoms with Crippen LogP contribution in [0.15, 0.2) is 253 Å². The molecule has 0 aliphatic carbocycles. The van der Waals surface area contributed by atoms with Crippen LogP contribution in [0.2, 0.25) is 5.02 Å². The topological polar surface area (TPSA) is 357 Å². The molecule has 0 radical (unpaired) electrons. The van der Waals surface area contributed by atoms with Crippen molar-refractivity contribution < 1.29 is 74.1 Å². The molecule has 0 spiro atoms. The zero-order valence-corrected chi connectivity index (χ0v) is 53.0. The number of sulfonamides is 3. The summed E-state index contributed by atoms with van der Waals surface area (Å²) in [6.07, 6.45) is 0.640. The highest BCUT2D eigenvalue weighted by molar-refractivity contribution is 7.90. The van der Waals surface area contributed by atoms with Gasteiger partial charge in [-0.1, -0.05) is 71.4 Å². The minimum atomic E-state index is -4.62. The Morgan fingerprint density at radius 2 is 0.917 bits per heavy atom. The summed E-state index contributed by atoms with van der Waals surface area (Å²) in [5, 5.41) is 29.2. The van der Waals surface area contributed by atoms with Crippen molar-refractivity contribution in [2.45, 2.75) is 38.5 Å². The van der Waals surface area contributed by atoms with Gasteiger partial charge in [0.2, 0.25) is 30.1 Å².